The van der Waals surface area contributed by atoms with Crippen molar-refractivity contribution in [1.29, 1.82) is 0 Å². The van der Waals surface area contributed by atoms with Gasteiger partial charge in [-0.1, -0.05) is 30.3 Å². The summed E-state index contributed by atoms with van der Waals surface area (Å²) < 4.78 is 39.3. The summed E-state index contributed by atoms with van der Waals surface area (Å²) in [5.74, 6) is 0. The van der Waals surface area contributed by atoms with Crippen molar-refractivity contribution >= 4 is 16.6 Å². The number of hydrogen-bond donors (Lipinski definition) is 0. The summed E-state index contributed by atoms with van der Waals surface area (Å²) in [6.07, 6.45) is -2.68. The van der Waals surface area contributed by atoms with Gasteiger partial charge in [0.15, 0.2) is 0 Å². The summed E-state index contributed by atoms with van der Waals surface area (Å²) in [5, 5.41) is 0.559. The maximum atomic E-state index is 13.1. The van der Waals surface area contributed by atoms with Crippen LogP contribution in [0.15, 0.2) is 60.8 Å². The van der Waals surface area contributed by atoms with E-state index in [2.05, 4.69) is 26.9 Å². The lowest BCUT2D eigenvalue weighted by Gasteiger charge is -2.36. The third-order valence-corrected chi connectivity index (χ3v) is 5.01. The molecule has 1 fully saturated rings. The Labute approximate surface area is 156 Å². The number of hydrogen-bond acceptors (Lipinski definition) is 3. The zero-order valence-electron chi connectivity index (χ0n) is 14.8. The fraction of sp³-hybridized carbons (Fsp3) is 0.286. The minimum atomic E-state index is -4.35. The largest absolute Gasteiger partial charge is 0.416 e. The Morgan fingerprint density at radius 2 is 1.63 bits per heavy atom. The van der Waals surface area contributed by atoms with Gasteiger partial charge in [-0.15, -0.1) is 0 Å². The molecule has 0 radical (unpaired) electrons. The molecule has 2 heterocycles. The number of nitrogens with zero attached hydrogens (tertiary/aromatic N) is 3. The molecule has 0 bridgehead atoms. The van der Waals surface area contributed by atoms with E-state index in [1.807, 2.05) is 24.3 Å². The van der Waals surface area contributed by atoms with Crippen molar-refractivity contribution in [1.82, 2.24) is 9.88 Å². The second-order valence-electron chi connectivity index (χ2n) is 6.81. The van der Waals surface area contributed by atoms with Gasteiger partial charge in [0.25, 0.3) is 0 Å². The van der Waals surface area contributed by atoms with E-state index in [1.165, 1.54) is 17.7 Å². The average Bonchev–Trinajstić information content (AvgIpc) is 2.68. The molecule has 0 atom stereocenters. The van der Waals surface area contributed by atoms with Crippen LogP contribution in [0.5, 0.6) is 0 Å². The highest BCUT2D eigenvalue weighted by Crippen LogP contribution is 2.34. The normalized spacial score (nSPS) is 16.0. The molecule has 6 heteroatoms. The highest BCUT2D eigenvalue weighted by atomic mass is 19.4. The number of alkyl halides is 3. The third-order valence-electron chi connectivity index (χ3n) is 5.01. The summed E-state index contributed by atoms with van der Waals surface area (Å²) >= 11 is 0. The van der Waals surface area contributed by atoms with Crippen LogP contribution in [0.1, 0.15) is 11.1 Å². The van der Waals surface area contributed by atoms with Gasteiger partial charge in [0, 0.05) is 50.0 Å². The summed E-state index contributed by atoms with van der Waals surface area (Å²) in [5.41, 5.74) is 2.06. The van der Waals surface area contributed by atoms with Crippen LogP contribution in [-0.2, 0) is 12.7 Å². The van der Waals surface area contributed by atoms with Gasteiger partial charge in [-0.05, 0) is 29.8 Å². The van der Waals surface area contributed by atoms with Crippen LogP contribution >= 0.6 is 0 Å². The first kappa shape index (κ1) is 17.8. The SMILES string of the molecule is FC(F)(F)c1ccc2nccc(N3CCN(Cc4ccccc4)CC3)c2c1. The fourth-order valence-electron chi connectivity index (χ4n) is 3.57. The molecular formula is C21H20F3N3. The smallest absolute Gasteiger partial charge is 0.368 e. The molecule has 4 rings (SSSR count). The molecule has 1 aromatic heterocycles. The van der Waals surface area contributed by atoms with Crippen LogP contribution in [-0.4, -0.2) is 36.1 Å². The molecule has 27 heavy (non-hydrogen) atoms. The zero-order valence-corrected chi connectivity index (χ0v) is 14.8. The third kappa shape index (κ3) is 3.90. The molecule has 1 aliphatic heterocycles. The van der Waals surface area contributed by atoms with Crippen LogP contribution < -0.4 is 4.90 Å². The number of piperazine rings is 1. The van der Waals surface area contributed by atoms with E-state index in [4.69, 9.17) is 0 Å². The first-order valence-corrected chi connectivity index (χ1v) is 8.98. The molecule has 0 saturated carbocycles. The van der Waals surface area contributed by atoms with E-state index in [0.717, 1.165) is 44.5 Å². The lowest BCUT2D eigenvalue weighted by atomic mass is 10.1. The molecule has 3 aromatic rings. The number of pyridine rings is 1. The molecule has 3 nitrogen and oxygen atoms in total. The van der Waals surface area contributed by atoms with Crippen molar-refractivity contribution in [3.8, 4) is 0 Å². The second kappa shape index (κ2) is 7.19. The zero-order chi connectivity index (χ0) is 18.9. The Bertz CT molecular complexity index is 917. The van der Waals surface area contributed by atoms with E-state index in [9.17, 15) is 13.2 Å². The predicted molar refractivity (Wildman–Crippen MR) is 101 cm³/mol. The highest BCUT2D eigenvalue weighted by molar-refractivity contribution is 5.92. The number of aromatic nitrogens is 1. The van der Waals surface area contributed by atoms with Crippen molar-refractivity contribution in [2.45, 2.75) is 12.7 Å². The Morgan fingerprint density at radius 3 is 2.33 bits per heavy atom. The standard InChI is InChI=1S/C21H20F3N3/c22-21(23,24)17-6-7-19-18(14-17)20(8-9-25-19)27-12-10-26(11-13-27)15-16-4-2-1-3-5-16/h1-9,14H,10-13,15H2. The lowest BCUT2D eigenvalue weighted by Crippen LogP contribution is -2.46. The lowest BCUT2D eigenvalue weighted by molar-refractivity contribution is -0.137. The second-order valence-corrected chi connectivity index (χ2v) is 6.81. The Kier molecular flexibility index (Phi) is 4.74. The molecular weight excluding hydrogens is 351 g/mol. The molecule has 1 aliphatic rings. The van der Waals surface area contributed by atoms with Crippen molar-refractivity contribution in [2.24, 2.45) is 0 Å². The van der Waals surface area contributed by atoms with Crippen LogP contribution in [0, 0.1) is 0 Å². The maximum Gasteiger partial charge on any atom is 0.416 e. The van der Waals surface area contributed by atoms with E-state index in [1.54, 1.807) is 6.20 Å². The molecule has 0 N–H and O–H groups in total. The summed E-state index contributed by atoms with van der Waals surface area (Å²) in [6, 6.07) is 15.9. The number of fused-ring (bicyclic) bond motifs is 1. The summed E-state index contributed by atoms with van der Waals surface area (Å²) in [4.78, 5) is 8.76. The van der Waals surface area contributed by atoms with Crippen LogP contribution in [0.3, 0.4) is 0 Å². The predicted octanol–water partition coefficient (Wildman–Crippen LogP) is 4.58. The highest BCUT2D eigenvalue weighted by Gasteiger charge is 2.31. The van der Waals surface area contributed by atoms with Gasteiger partial charge in [-0.3, -0.25) is 9.88 Å². The van der Waals surface area contributed by atoms with Crippen molar-refractivity contribution in [3.63, 3.8) is 0 Å². The van der Waals surface area contributed by atoms with Gasteiger partial charge in [-0.2, -0.15) is 13.2 Å². The van der Waals surface area contributed by atoms with Gasteiger partial charge in [0.05, 0.1) is 11.1 Å². The number of anilines is 1. The van der Waals surface area contributed by atoms with Crippen LogP contribution in [0.25, 0.3) is 10.9 Å². The number of halogens is 3. The van der Waals surface area contributed by atoms with Gasteiger partial charge in [0.2, 0.25) is 0 Å². The van der Waals surface area contributed by atoms with Gasteiger partial charge < -0.3 is 4.90 Å². The van der Waals surface area contributed by atoms with Gasteiger partial charge >= 0.3 is 6.18 Å². The Morgan fingerprint density at radius 1 is 0.889 bits per heavy atom. The van der Waals surface area contributed by atoms with E-state index < -0.39 is 11.7 Å². The van der Waals surface area contributed by atoms with Crippen molar-refractivity contribution < 1.29 is 13.2 Å². The molecule has 0 aliphatic carbocycles. The minimum Gasteiger partial charge on any atom is -0.368 e. The van der Waals surface area contributed by atoms with Crippen molar-refractivity contribution in [3.05, 3.63) is 71.9 Å². The first-order chi connectivity index (χ1) is 13.0. The molecule has 1 saturated heterocycles. The Hall–Kier alpha value is -2.60. The van der Waals surface area contributed by atoms with E-state index >= 15 is 0 Å². The van der Waals surface area contributed by atoms with E-state index in [-0.39, 0.29) is 0 Å². The monoisotopic (exact) mass is 371 g/mol. The van der Waals surface area contributed by atoms with Gasteiger partial charge in [-0.25, -0.2) is 0 Å². The minimum absolute atomic E-state index is 0.559. The molecule has 0 spiro atoms. The number of benzene rings is 2. The quantitative estimate of drug-likeness (QED) is 0.672. The molecule has 140 valence electrons. The maximum absolute atomic E-state index is 13.1. The fourth-order valence-corrected chi connectivity index (χ4v) is 3.57. The Balaban J connectivity index is 1.53. The van der Waals surface area contributed by atoms with Crippen LogP contribution in [0.4, 0.5) is 18.9 Å². The molecule has 2 aromatic carbocycles. The average molecular weight is 371 g/mol. The number of rotatable bonds is 3. The van der Waals surface area contributed by atoms with Crippen LogP contribution in [0.2, 0.25) is 0 Å². The first-order valence-electron chi connectivity index (χ1n) is 8.98. The molecule has 0 amide bonds. The van der Waals surface area contributed by atoms with E-state index in [0.29, 0.717) is 10.9 Å². The van der Waals surface area contributed by atoms with Gasteiger partial charge in [0.1, 0.15) is 0 Å². The van der Waals surface area contributed by atoms with Crippen molar-refractivity contribution in [2.75, 3.05) is 31.1 Å². The topological polar surface area (TPSA) is 19.4 Å². The summed E-state index contributed by atoms with van der Waals surface area (Å²) in [7, 11) is 0. The molecule has 0 unspecified atom stereocenters. The summed E-state index contributed by atoms with van der Waals surface area (Å²) in [6.45, 7) is 4.20.